The van der Waals surface area contributed by atoms with Gasteiger partial charge in [-0.2, -0.15) is 0 Å². The molecule has 0 aliphatic heterocycles. The van der Waals surface area contributed by atoms with Crippen LogP contribution in [0.2, 0.25) is 5.02 Å². The Kier molecular flexibility index (Phi) is 5.06. The van der Waals surface area contributed by atoms with Gasteiger partial charge in [0.1, 0.15) is 5.75 Å². The molecular formula is C16H23ClN2O. The normalized spacial score (nSPS) is 18.8. The summed E-state index contributed by atoms with van der Waals surface area (Å²) in [7, 11) is 4.27. The molecule has 0 heterocycles. The summed E-state index contributed by atoms with van der Waals surface area (Å²) in [6.45, 7) is 0.770. The number of halogens is 1. The number of phenolic OH excluding ortho intramolecular Hbond substituents is 1. The minimum Gasteiger partial charge on any atom is -0.507 e. The first-order chi connectivity index (χ1) is 9.53. The molecule has 0 bridgehead atoms. The molecule has 110 valence electrons. The number of aromatic hydroxyl groups is 1. The number of hydrogen-bond donors (Lipinski definition) is 1. The summed E-state index contributed by atoms with van der Waals surface area (Å²) in [4.78, 5) is 6.88. The molecule has 1 fully saturated rings. The Morgan fingerprint density at radius 1 is 1.30 bits per heavy atom. The van der Waals surface area contributed by atoms with Crippen LogP contribution in [0.3, 0.4) is 0 Å². The Morgan fingerprint density at radius 3 is 2.65 bits per heavy atom. The van der Waals surface area contributed by atoms with E-state index in [0.29, 0.717) is 10.6 Å². The maximum Gasteiger partial charge on any atom is 0.124 e. The van der Waals surface area contributed by atoms with E-state index in [9.17, 15) is 5.11 Å². The quantitative estimate of drug-likeness (QED) is 0.859. The van der Waals surface area contributed by atoms with Crippen molar-refractivity contribution in [2.24, 2.45) is 4.99 Å². The maximum absolute atomic E-state index is 9.79. The molecule has 0 unspecified atom stereocenters. The molecule has 0 saturated heterocycles. The predicted octanol–water partition coefficient (Wildman–Crippen LogP) is 3.73. The molecule has 3 nitrogen and oxygen atoms in total. The third-order valence-corrected chi connectivity index (χ3v) is 4.57. The number of aliphatic imine (C=N–C) groups is 1. The first-order valence-electron chi connectivity index (χ1n) is 7.19. The van der Waals surface area contributed by atoms with Gasteiger partial charge in [0.05, 0.1) is 6.54 Å². The molecular weight excluding hydrogens is 272 g/mol. The van der Waals surface area contributed by atoms with Crippen LogP contribution in [-0.4, -0.2) is 42.4 Å². The van der Waals surface area contributed by atoms with Crippen molar-refractivity contribution in [1.82, 2.24) is 4.90 Å². The molecule has 4 heteroatoms. The van der Waals surface area contributed by atoms with Crippen LogP contribution in [-0.2, 0) is 0 Å². The van der Waals surface area contributed by atoms with E-state index in [2.05, 4.69) is 24.0 Å². The largest absolute Gasteiger partial charge is 0.507 e. The summed E-state index contributed by atoms with van der Waals surface area (Å²) >= 11 is 5.94. The van der Waals surface area contributed by atoms with E-state index < -0.39 is 0 Å². The number of likely N-dealkylation sites (N-methyl/N-ethyl adjacent to an activating group) is 1. The van der Waals surface area contributed by atoms with E-state index in [1.807, 2.05) is 0 Å². The van der Waals surface area contributed by atoms with E-state index in [-0.39, 0.29) is 11.3 Å². The number of rotatable bonds is 4. The SMILES string of the molecule is CN(C)C1(CN=Cc2cc(Cl)ccc2O)CCCCC1. The number of nitrogens with zero attached hydrogens (tertiary/aromatic N) is 2. The molecule has 0 radical (unpaired) electrons. The van der Waals surface area contributed by atoms with Crippen LogP contribution in [0.5, 0.6) is 5.75 Å². The first-order valence-corrected chi connectivity index (χ1v) is 7.57. The number of phenols is 1. The van der Waals surface area contributed by atoms with Crippen molar-refractivity contribution in [2.75, 3.05) is 20.6 Å². The summed E-state index contributed by atoms with van der Waals surface area (Å²) in [5, 5.41) is 10.4. The minimum atomic E-state index is 0.170. The Balaban J connectivity index is 2.09. The van der Waals surface area contributed by atoms with Crippen molar-refractivity contribution in [2.45, 2.75) is 37.6 Å². The summed E-state index contributed by atoms with van der Waals surface area (Å²) in [5.41, 5.74) is 0.852. The van der Waals surface area contributed by atoms with Crippen molar-refractivity contribution in [3.63, 3.8) is 0 Å². The second-order valence-electron chi connectivity index (χ2n) is 5.85. The zero-order valence-corrected chi connectivity index (χ0v) is 13.0. The second-order valence-corrected chi connectivity index (χ2v) is 6.29. The van der Waals surface area contributed by atoms with Gasteiger partial charge >= 0.3 is 0 Å². The molecule has 1 aromatic rings. The average molecular weight is 295 g/mol. The van der Waals surface area contributed by atoms with Gasteiger partial charge in [-0.1, -0.05) is 30.9 Å². The lowest BCUT2D eigenvalue weighted by Gasteiger charge is -2.41. The van der Waals surface area contributed by atoms with Gasteiger partial charge in [0.2, 0.25) is 0 Å². The molecule has 1 aromatic carbocycles. The molecule has 0 spiro atoms. The lowest BCUT2D eigenvalue weighted by molar-refractivity contribution is 0.110. The molecule has 1 aliphatic carbocycles. The molecule has 2 rings (SSSR count). The zero-order valence-electron chi connectivity index (χ0n) is 12.3. The predicted molar refractivity (Wildman–Crippen MR) is 85.1 cm³/mol. The maximum atomic E-state index is 9.79. The van der Waals surface area contributed by atoms with Crippen LogP contribution < -0.4 is 0 Å². The van der Waals surface area contributed by atoms with Gasteiger partial charge in [-0.25, -0.2) is 0 Å². The van der Waals surface area contributed by atoms with Crippen LogP contribution in [0.15, 0.2) is 23.2 Å². The average Bonchev–Trinajstić information content (AvgIpc) is 2.43. The molecule has 0 atom stereocenters. The van der Waals surface area contributed by atoms with Gasteiger partial charge < -0.3 is 10.0 Å². The minimum absolute atomic E-state index is 0.170. The third kappa shape index (κ3) is 3.53. The topological polar surface area (TPSA) is 35.8 Å². The Hall–Kier alpha value is -1.06. The highest BCUT2D eigenvalue weighted by Gasteiger charge is 2.33. The van der Waals surface area contributed by atoms with Crippen molar-refractivity contribution in [3.8, 4) is 5.75 Å². The Bertz CT molecular complexity index is 479. The van der Waals surface area contributed by atoms with E-state index in [1.54, 1.807) is 24.4 Å². The van der Waals surface area contributed by atoms with Crippen molar-refractivity contribution in [3.05, 3.63) is 28.8 Å². The van der Waals surface area contributed by atoms with Gasteiger partial charge in [-0.15, -0.1) is 0 Å². The molecule has 20 heavy (non-hydrogen) atoms. The summed E-state index contributed by atoms with van der Waals surface area (Å²) in [6.07, 6.45) is 8.00. The molecule has 1 aliphatic rings. The highest BCUT2D eigenvalue weighted by atomic mass is 35.5. The third-order valence-electron chi connectivity index (χ3n) is 4.34. The fourth-order valence-corrected chi connectivity index (χ4v) is 3.08. The van der Waals surface area contributed by atoms with Crippen LogP contribution >= 0.6 is 11.6 Å². The standard InChI is InChI=1S/C16H23ClN2O/c1-19(2)16(8-4-3-5-9-16)12-18-11-13-10-14(17)6-7-15(13)20/h6-7,10-11,20H,3-5,8-9,12H2,1-2H3. The fourth-order valence-electron chi connectivity index (χ4n) is 2.90. The lowest BCUT2D eigenvalue weighted by Crippen LogP contribution is -2.48. The van der Waals surface area contributed by atoms with Gasteiger partial charge in [-0.05, 0) is 45.1 Å². The summed E-state index contributed by atoms with van der Waals surface area (Å²) < 4.78 is 0. The van der Waals surface area contributed by atoms with Crippen molar-refractivity contribution < 1.29 is 5.11 Å². The van der Waals surface area contributed by atoms with E-state index >= 15 is 0 Å². The molecule has 0 aromatic heterocycles. The van der Waals surface area contributed by atoms with Crippen molar-refractivity contribution >= 4 is 17.8 Å². The van der Waals surface area contributed by atoms with E-state index in [4.69, 9.17) is 11.6 Å². The lowest BCUT2D eigenvalue weighted by atomic mass is 9.81. The van der Waals surface area contributed by atoms with Crippen LogP contribution in [0.1, 0.15) is 37.7 Å². The van der Waals surface area contributed by atoms with Gasteiger partial charge in [0.25, 0.3) is 0 Å². The summed E-state index contributed by atoms with van der Waals surface area (Å²) in [6, 6.07) is 5.02. The first kappa shape index (κ1) is 15.3. The van der Waals surface area contributed by atoms with E-state index in [0.717, 1.165) is 6.54 Å². The summed E-state index contributed by atoms with van der Waals surface area (Å²) in [5.74, 6) is 0.223. The Morgan fingerprint density at radius 2 is 2.00 bits per heavy atom. The fraction of sp³-hybridized carbons (Fsp3) is 0.562. The van der Waals surface area contributed by atoms with Crippen LogP contribution in [0.25, 0.3) is 0 Å². The molecule has 1 N–H and O–H groups in total. The van der Waals surface area contributed by atoms with E-state index in [1.165, 1.54) is 32.1 Å². The zero-order chi connectivity index (χ0) is 14.6. The van der Waals surface area contributed by atoms with Crippen molar-refractivity contribution in [1.29, 1.82) is 0 Å². The van der Waals surface area contributed by atoms with Crippen LogP contribution in [0.4, 0.5) is 0 Å². The highest BCUT2D eigenvalue weighted by molar-refractivity contribution is 6.30. The smallest absolute Gasteiger partial charge is 0.124 e. The number of hydrogen-bond acceptors (Lipinski definition) is 3. The van der Waals surface area contributed by atoms with Gasteiger partial charge in [0.15, 0.2) is 0 Å². The highest BCUT2D eigenvalue weighted by Crippen LogP contribution is 2.32. The Labute approximate surface area is 126 Å². The number of benzene rings is 1. The monoisotopic (exact) mass is 294 g/mol. The van der Waals surface area contributed by atoms with Gasteiger partial charge in [0, 0.05) is 22.3 Å². The molecule has 1 saturated carbocycles. The molecule has 0 amide bonds. The second kappa shape index (κ2) is 6.59. The van der Waals surface area contributed by atoms with Gasteiger partial charge in [-0.3, -0.25) is 4.99 Å². The van der Waals surface area contributed by atoms with Crippen LogP contribution in [0, 0.1) is 0 Å².